The average Bonchev–Trinajstić information content (AvgIpc) is 2.87. The van der Waals surface area contributed by atoms with E-state index >= 15 is 0 Å². The zero-order valence-corrected chi connectivity index (χ0v) is 11.6. The van der Waals surface area contributed by atoms with Gasteiger partial charge in [-0.15, -0.1) is 5.10 Å². The van der Waals surface area contributed by atoms with Gasteiger partial charge in [-0.05, 0) is 12.5 Å². The first kappa shape index (κ1) is 14.7. The fourth-order valence-electron chi connectivity index (χ4n) is 1.89. The van der Waals surface area contributed by atoms with E-state index in [1.807, 2.05) is 31.2 Å². The monoisotopic (exact) mass is 288 g/mol. The van der Waals surface area contributed by atoms with E-state index in [2.05, 4.69) is 15.6 Å². The van der Waals surface area contributed by atoms with Crippen LogP contribution in [0.2, 0.25) is 0 Å². The van der Waals surface area contributed by atoms with E-state index in [0.717, 1.165) is 11.1 Å². The van der Waals surface area contributed by atoms with Crippen molar-refractivity contribution in [3.05, 3.63) is 47.3 Å². The van der Waals surface area contributed by atoms with Gasteiger partial charge in [0, 0.05) is 6.54 Å². The van der Waals surface area contributed by atoms with Crippen molar-refractivity contribution in [3.8, 4) is 0 Å². The molecule has 0 atom stereocenters. The van der Waals surface area contributed by atoms with Gasteiger partial charge >= 0.3 is 5.97 Å². The minimum Gasteiger partial charge on any atom is -0.476 e. The van der Waals surface area contributed by atoms with Crippen molar-refractivity contribution < 1.29 is 14.7 Å². The Balaban J connectivity index is 1.77. The van der Waals surface area contributed by atoms with E-state index in [1.165, 1.54) is 10.9 Å². The number of nitrogens with zero attached hydrogens (tertiary/aromatic N) is 3. The number of hydrogen-bond donors (Lipinski definition) is 2. The predicted molar refractivity (Wildman–Crippen MR) is 74.9 cm³/mol. The standard InChI is InChI=1S/C14H16N4O3/c1-10-3-2-4-11(7-10)8-13(19)15-5-6-18-9-12(14(20)21)16-17-18/h2-4,7,9H,5-6,8H2,1H3,(H,15,19)(H,20,21). The van der Waals surface area contributed by atoms with Crippen LogP contribution in [-0.2, 0) is 17.8 Å². The molecule has 0 radical (unpaired) electrons. The summed E-state index contributed by atoms with van der Waals surface area (Å²) in [5.74, 6) is -1.20. The fourth-order valence-corrected chi connectivity index (χ4v) is 1.89. The van der Waals surface area contributed by atoms with Gasteiger partial charge in [0.05, 0.1) is 19.2 Å². The Labute approximate surface area is 121 Å². The molecule has 1 heterocycles. The number of carboxylic acids is 1. The highest BCUT2D eigenvalue weighted by molar-refractivity contribution is 5.84. The number of carboxylic acid groups (broad SMARTS) is 1. The number of hydrogen-bond acceptors (Lipinski definition) is 4. The summed E-state index contributed by atoms with van der Waals surface area (Å²) in [6.45, 7) is 2.72. The van der Waals surface area contributed by atoms with Crippen LogP contribution in [-0.4, -0.2) is 38.5 Å². The lowest BCUT2D eigenvalue weighted by atomic mass is 10.1. The Bertz CT molecular complexity index is 651. The maximum atomic E-state index is 11.8. The molecule has 110 valence electrons. The second-order valence-corrected chi connectivity index (χ2v) is 4.69. The first-order valence-electron chi connectivity index (χ1n) is 6.50. The van der Waals surface area contributed by atoms with Gasteiger partial charge in [-0.3, -0.25) is 4.79 Å². The molecule has 2 rings (SSSR count). The van der Waals surface area contributed by atoms with Crippen LogP contribution in [0.5, 0.6) is 0 Å². The van der Waals surface area contributed by atoms with Crippen molar-refractivity contribution >= 4 is 11.9 Å². The molecule has 0 bridgehead atoms. The summed E-state index contributed by atoms with van der Waals surface area (Å²) in [6, 6.07) is 7.77. The molecule has 7 nitrogen and oxygen atoms in total. The highest BCUT2D eigenvalue weighted by Crippen LogP contribution is 2.04. The van der Waals surface area contributed by atoms with Crippen molar-refractivity contribution in [1.29, 1.82) is 0 Å². The molecule has 0 saturated carbocycles. The molecule has 2 N–H and O–H groups in total. The third-order valence-corrected chi connectivity index (χ3v) is 2.87. The topological polar surface area (TPSA) is 97.1 Å². The maximum absolute atomic E-state index is 11.8. The molecule has 2 aromatic rings. The normalized spacial score (nSPS) is 10.3. The third-order valence-electron chi connectivity index (χ3n) is 2.87. The number of carbonyl (C=O) groups excluding carboxylic acids is 1. The Hall–Kier alpha value is -2.70. The zero-order valence-electron chi connectivity index (χ0n) is 11.6. The van der Waals surface area contributed by atoms with Crippen LogP contribution in [0.15, 0.2) is 30.5 Å². The number of benzene rings is 1. The number of rotatable bonds is 6. The van der Waals surface area contributed by atoms with Crippen LogP contribution in [0.25, 0.3) is 0 Å². The Kier molecular flexibility index (Phi) is 4.65. The predicted octanol–water partition coefficient (Wildman–Crippen LogP) is 0.644. The zero-order chi connectivity index (χ0) is 15.2. The third kappa shape index (κ3) is 4.41. The van der Waals surface area contributed by atoms with Gasteiger partial charge < -0.3 is 10.4 Å². The SMILES string of the molecule is Cc1cccc(CC(=O)NCCn2cc(C(=O)O)nn2)c1. The number of nitrogens with one attached hydrogen (secondary N) is 1. The van der Waals surface area contributed by atoms with E-state index in [-0.39, 0.29) is 11.6 Å². The molecule has 1 aromatic carbocycles. The van der Waals surface area contributed by atoms with Crippen LogP contribution in [0.3, 0.4) is 0 Å². The molecule has 1 aromatic heterocycles. The number of aromatic nitrogens is 3. The molecular weight excluding hydrogens is 272 g/mol. The van der Waals surface area contributed by atoms with Crippen LogP contribution < -0.4 is 5.32 Å². The Morgan fingerprint density at radius 2 is 2.19 bits per heavy atom. The Morgan fingerprint density at radius 3 is 2.86 bits per heavy atom. The highest BCUT2D eigenvalue weighted by Gasteiger charge is 2.08. The highest BCUT2D eigenvalue weighted by atomic mass is 16.4. The molecule has 0 saturated heterocycles. The second-order valence-electron chi connectivity index (χ2n) is 4.69. The smallest absolute Gasteiger partial charge is 0.358 e. The van der Waals surface area contributed by atoms with Gasteiger partial charge in [0.15, 0.2) is 5.69 Å². The summed E-state index contributed by atoms with van der Waals surface area (Å²) in [7, 11) is 0. The van der Waals surface area contributed by atoms with Crippen molar-refractivity contribution in [2.75, 3.05) is 6.54 Å². The van der Waals surface area contributed by atoms with E-state index in [1.54, 1.807) is 0 Å². The number of amides is 1. The Morgan fingerprint density at radius 1 is 1.38 bits per heavy atom. The lowest BCUT2D eigenvalue weighted by Crippen LogP contribution is -2.28. The van der Waals surface area contributed by atoms with Gasteiger partial charge in [0.1, 0.15) is 0 Å². The average molecular weight is 288 g/mol. The number of carbonyl (C=O) groups is 2. The van der Waals surface area contributed by atoms with E-state index in [4.69, 9.17) is 5.11 Å². The van der Waals surface area contributed by atoms with Crippen LogP contribution >= 0.6 is 0 Å². The first-order valence-corrected chi connectivity index (χ1v) is 6.50. The molecule has 0 aliphatic rings. The van der Waals surface area contributed by atoms with Gasteiger partial charge in [0.25, 0.3) is 0 Å². The summed E-state index contributed by atoms with van der Waals surface area (Å²) in [5, 5.41) is 18.6. The van der Waals surface area contributed by atoms with Gasteiger partial charge in [-0.1, -0.05) is 35.0 Å². The minimum absolute atomic E-state index is 0.0841. The van der Waals surface area contributed by atoms with E-state index < -0.39 is 5.97 Å². The maximum Gasteiger partial charge on any atom is 0.358 e. The van der Waals surface area contributed by atoms with Crippen LogP contribution in [0.1, 0.15) is 21.6 Å². The lowest BCUT2D eigenvalue weighted by molar-refractivity contribution is -0.120. The largest absolute Gasteiger partial charge is 0.476 e. The van der Waals surface area contributed by atoms with Gasteiger partial charge in [-0.2, -0.15) is 0 Å². The lowest BCUT2D eigenvalue weighted by Gasteiger charge is -2.05. The number of aromatic carboxylic acids is 1. The molecule has 1 amide bonds. The second kappa shape index (κ2) is 6.65. The molecule has 7 heteroatoms. The molecule has 0 fully saturated rings. The fraction of sp³-hybridized carbons (Fsp3) is 0.286. The summed E-state index contributed by atoms with van der Waals surface area (Å²) >= 11 is 0. The van der Waals surface area contributed by atoms with Crippen molar-refractivity contribution in [2.45, 2.75) is 19.9 Å². The molecule has 0 spiro atoms. The van der Waals surface area contributed by atoms with Gasteiger partial charge in [-0.25, -0.2) is 9.48 Å². The molecule has 0 unspecified atom stereocenters. The summed E-state index contributed by atoms with van der Waals surface area (Å²) in [5.41, 5.74) is 1.96. The first-order chi connectivity index (χ1) is 10.0. The van der Waals surface area contributed by atoms with Crippen LogP contribution in [0.4, 0.5) is 0 Å². The van der Waals surface area contributed by atoms with E-state index in [0.29, 0.717) is 19.5 Å². The molecule has 21 heavy (non-hydrogen) atoms. The minimum atomic E-state index is -1.12. The number of aryl methyl sites for hydroxylation is 1. The molecule has 0 aliphatic carbocycles. The quantitative estimate of drug-likeness (QED) is 0.813. The van der Waals surface area contributed by atoms with Gasteiger partial charge in [0.2, 0.25) is 5.91 Å². The molecule has 0 aliphatic heterocycles. The van der Waals surface area contributed by atoms with Crippen molar-refractivity contribution in [1.82, 2.24) is 20.3 Å². The molecular formula is C14H16N4O3. The van der Waals surface area contributed by atoms with Crippen molar-refractivity contribution in [3.63, 3.8) is 0 Å². The van der Waals surface area contributed by atoms with E-state index in [9.17, 15) is 9.59 Å². The summed E-state index contributed by atoms with van der Waals surface area (Å²) in [4.78, 5) is 22.4. The summed E-state index contributed by atoms with van der Waals surface area (Å²) < 4.78 is 1.39. The summed E-state index contributed by atoms with van der Waals surface area (Å²) in [6.07, 6.45) is 1.65. The van der Waals surface area contributed by atoms with Crippen LogP contribution in [0, 0.1) is 6.92 Å². The van der Waals surface area contributed by atoms with Crippen molar-refractivity contribution in [2.24, 2.45) is 0 Å².